The first-order valence-corrected chi connectivity index (χ1v) is 9.65. The van der Waals surface area contributed by atoms with Gasteiger partial charge in [0.1, 0.15) is 5.75 Å². The lowest BCUT2D eigenvalue weighted by atomic mass is 10.0. The Morgan fingerprint density at radius 1 is 1.04 bits per heavy atom. The number of anilines is 2. The van der Waals surface area contributed by atoms with Crippen molar-refractivity contribution in [1.29, 1.82) is 0 Å². The first-order valence-electron chi connectivity index (χ1n) is 9.65. The average Bonchev–Trinajstić information content (AvgIpc) is 2.71. The van der Waals surface area contributed by atoms with Gasteiger partial charge in [-0.1, -0.05) is 54.6 Å². The molecule has 1 aliphatic heterocycles. The number of rotatable bonds is 4. The first-order chi connectivity index (χ1) is 13.7. The second-order valence-electron chi connectivity index (χ2n) is 7.13. The SMILES string of the molecule is Cc1ccccc1NC(=O)Oc1ccc2c(c1)N(Cc1ccccc1)CCC2. The highest BCUT2D eigenvalue weighted by atomic mass is 16.6. The summed E-state index contributed by atoms with van der Waals surface area (Å²) in [7, 11) is 0. The Morgan fingerprint density at radius 2 is 1.82 bits per heavy atom. The maximum absolute atomic E-state index is 12.3. The van der Waals surface area contributed by atoms with Crippen LogP contribution in [0.1, 0.15) is 23.1 Å². The Balaban J connectivity index is 1.50. The van der Waals surface area contributed by atoms with E-state index in [1.807, 2.05) is 49.4 Å². The van der Waals surface area contributed by atoms with Crippen LogP contribution < -0.4 is 15.0 Å². The molecule has 0 saturated heterocycles. The zero-order valence-electron chi connectivity index (χ0n) is 16.0. The highest BCUT2D eigenvalue weighted by Gasteiger charge is 2.18. The summed E-state index contributed by atoms with van der Waals surface area (Å²) < 4.78 is 5.56. The Hall–Kier alpha value is -3.27. The molecule has 0 aliphatic carbocycles. The van der Waals surface area contributed by atoms with Gasteiger partial charge in [0.25, 0.3) is 0 Å². The molecule has 1 heterocycles. The maximum atomic E-state index is 12.3. The minimum Gasteiger partial charge on any atom is -0.410 e. The van der Waals surface area contributed by atoms with E-state index in [0.29, 0.717) is 5.75 Å². The highest BCUT2D eigenvalue weighted by Crippen LogP contribution is 2.32. The number of aryl methyl sites for hydroxylation is 2. The molecule has 0 unspecified atom stereocenters. The van der Waals surface area contributed by atoms with Crippen molar-refractivity contribution in [3.8, 4) is 5.75 Å². The molecule has 0 aromatic heterocycles. The molecule has 0 bridgehead atoms. The maximum Gasteiger partial charge on any atom is 0.417 e. The van der Waals surface area contributed by atoms with E-state index in [-0.39, 0.29) is 0 Å². The third kappa shape index (κ3) is 4.17. The van der Waals surface area contributed by atoms with Gasteiger partial charge in [0.05, 0.1) is 0 Å². The summed E-state index contributed by atoms with van der Waals surface area (Å²) in [5, 5.41) is 2.82. The predicted molar refractivity (Wildman–Crippen MR) is 113 cm³/mol. The van der Waals surface area contributed by atoms with Crippen molar-refractivity contribution >= 4 is 17.5 Å². The number of nitrogens with zero attached hydrogens (tertiary/aromatic N) is 1. The van der Waals surface area contributed by atoms with E-state index in [1.165, 1.54) is 11.1 Å². The van der Waals surface area contributed by atoms with Crippen LogP contribution in [0.4, 0.5) is 16.2 Å². The number of nitrogens with one attached hydrogen (secondary N) is 1. The summed E-state index contributed by atoms with van der Waals surface area (Å²) in [6, 6.07) is 24.0. The van der Waals surface area contributed by atoms with E-state index < -0.39 is 6.09 Å². The van der Waals surface area contributed by atoms with Crippen molar-refractivity contribution in [1.82, 2.24) is 0 Å². The van der Waals surface area contributed by atoms with E-state index in [1.54, 1.807) is 0 Å². The van der Waals surface area contributed by atoms with Gasteiger partial charge < -0.3 is 9.64 Å². The average molecular weight is 372 g/mol. The molecule has 28 heavy (non-hydrogen) atoms. The number of amides is 1. The second-order valence-corrected chi connectivity index (χ2v) is 7.13. The van der Waals surface area contributed by atoms with Gasteiger partial charge >= 0.3 is 6.09 Å². The van der Waals surface area contributed by atoms with Gasteiger partial charge in [0, 0.05) is 30.5 Å². The number of benzene rings is 3. The van der Waals surface area contributed by atoms with Crippen LogP contribution in [0.15, 0.2) is 72.8 Å². The lowest BCUT2D eigenvalue weighted by Gasteiger charge is -2.31. The Bertz CT molecular complexity index is 969. The molecule has 1 N–H and O–H groups in total. The van der Waals surface area contributed by atoms with Gasteiger partial charge in [-0.15, -0.1) is 0 Å². The highest BCUT2D eigenvalue weighted by molar-refractivity contribution is 5.87. The van der Waals surface area contributed by atoms with E-state index in [4.69, 9.17) is 4.74 Å². The fraction of sp³-hybridized carbons (Fsp3) is 0.208. The summed E-state index contributed by atoms with van der Waals surface area (Å²) in [5.74, 6) is 0.560. The zero-order valence-corrected chi connectivity index (χ0v) is 16.0. The van der Waals surface area contributed by atoms with Crippen molar-refractivity contribution in [3.63, 3.8) is 0 Å². The Labute approximate surface area is 165 Å². The van der Waals surface area contributed by atoms with Gasteiger partial charge in [-0.25, -0.2) is 4.79 Å². The van der Waals surface area contributed by atoms with Gasteiger partial charge in [0.2, 0.25) is 0 Å². The van der Waals surface area contributed by atoms with Gasteiger partial charge in [-0.2, -0.15) is 0 Å². The van der Waals surface area contributed by atoms with E-state index >= 15 is 0 Å². The molecule has 3 aromatic carbocycles. The number of carbonyl (C=O) groups is 1. The fourth-order valence-electron chi connectivity index (χ4n) is 3.62. The molecule has 0 saturated carbocycles. The zero-order chi connectivity index (χ0) is 19.3. The lowest BCUT2D eigenvalue weighted by Crippen LogP contribution is -2.29. The standard InChI is InChI=1S/C24H24N2O2/c1-18-8-5-6-12-22(18)25-24(27)28-21-14-13-20-11-7-15-26(23(20)16-21)17-19-9-3-2-4-10-19/h2-6,8-10,12-14,16H,7,11,15,17H2,1H3,(H,25,27). The van der Waals surface area contributed by atoms with Gasteiger partial charge in [0.15, 0.2) is 0 Å². The van der Waals surface area contributed by atoms with Crippen LogP contribution in [0.5, 0.6) is 5.75 Å². The third-order valence-corrected chi connectivity index (χ3v) is 5.08. The first kappa shape index (κ1) is 18.1. The number of hydrogen-bond donors (Lipinski definition) is 1. The molecule has 4 heteroatoms. The van der Waals surface area contributed by atoms with Crippen LogP contribution in [-0.2, 0) is 13.0 Å². The Morgan fingerprint density at radius 3 is 2.64 bits per heavy atom. The van der Waals surface area contributed by atoms with Crippen LogP contribution in [0.25, 0.3) is 0 Å². The normalized spacial score (nSPS) is 13.0. The molecule has 3 aromatic rings. The molecule has 0 fully saturated rings. The molecule has 142 valence electrons. The minimum absolute atomic E-state index is 0.473. The van der Waals surface area contributed by atoms with Gasteiger partial charge in [-0.3, -0.25) is 5.32 Å². The number of carbonyl (C=O) groups excluding carboxylic acids is 1. The summed E-state index contributed by atoms with van der Waals surface area (Å²) >= 11 is 0. The number of ether oxygens (including phenoxy) is 1. The lowest BCUT2D eigenvalue weighted by molar-refractivity contribution is 0.215. The summed E-state index contributed by atoms with van der Waals surface area (Å²) in [6.07, 6.45) is 1.71. The largest absolute Gasteiger partial charge is 0.417 e. The summed E-state index contributed by atoms with van der Waals surface area (Å²) in [6.45, 7) is 3.81. The van der Waals surface area contributed by atoms with Crippen LogP contribution in [0.3, 0.4) is 0 Å². The molecular weight excluding hydrogens is 348 g/mol. The van der Waals surface area contributed by atoms with Crippen molar-refractivity contribution in [2.75, 3.05) is 16.8 Å². The summed E-state index contributed by atoms with van der Waals surface area (Å²) in [5.41, 5.74) is 5.49. The monoisotopic (exact) mass is 372 g/mol. The fourth-order valence-corrected chi connectivity index (χ4v) is 3.62. The van der Waals surface area contributed by atoms with Crippen LogP contribution in [0, 0.1) is 6.92 Å². The van der Waals surface area contributed by atoms with E-state index in [9.17, 15) is 4.79 Å². The van der Waals surface area contributed by atoms with Gasteiger partial charge in [-0.05, 0) is 48.6 Å². The smallest absolute Gasteiger partial charge is 0.410 e. The van der Waals surface area contributed by atoms with Crippen molar-refractivity contribution in [3.05, 3.63) is 89.5 Å². The molecule has 0 atom stereocenters. The number of para-hydroxylation sites is 1. The second kappa shape index (κ2) is 8.17. The van der Waals surface area contributed by atoms with Crippen LogP contribution in [0.2, 0.25) is 0 Å². The molecule has 1 aliphatic rings. The van der Waals surface area contributed by atoms with E-state index in [0.717, 1.165) is 42.9 Å². The molecule has 0 radical (unpaired) electrons. The van der Waals surface area contributed by atoms with Crippen molar-refractivity contribution < 1.29 is 9.53 Å². The predicted octanol–water partition coefficient (Wildman–Crippen LogP) is 5.56. The number of fused-ring (bicyclic) bond motifs is 1. The molecule has 4 nitrogen and oxygen atoms in total. The van der Waals surface area contributed by atoms with Crippen LogP contribution in [-0.4, -0.2) is 12.6 Å². The number of hydrogen-bond acceptors (Lipinski definition) is 3. The van der Waals surface area contributed by atoms with Crippen molar-refractivity contribution in [2.45, 2.75) is 26.3 Å². The molecule has 4 rings (SSSR count). The molecular formula is C24H24N2O2. The molecule has 0 spiro atoms. The minimum atomic E-state index is -0.473. The quantitative estimate of drug-likeness (QED) is 0.652. The molecule has 1 amide bonds. The van der Waals surface area contributed by atoms with Crippen LogP contribution >= 0.6 is 0 Å². The third-order valence-electron chi connectivity index (χ3n) is 5.08. The van der Waals surface area contributed by atoms with E-state index in [2.05, 4.69) is 40.5 Å². The summed E-state index contributed by atoms with van der Waals surface area (Å²) in [4.78, 5) is 14.7. The topological polar surface area (TPSA) is 41.6 Å². The van der Waals surface area contributed by atoms with Crippen molar-refractivity contribution in [2.24, 2.45) is 0 Å². The Kier molecular flexibility index (Phi) is 5.29.